The van der Waals surface area contributed by atoms with E-state index >= 15 is 0 Å². The van der Waals surface area contributed by atoms with Crippen LogP contribution in [0.15, 0.2) is 54.4 Å². The van der Waals surface area contributed by atoms with Crippen molar-refractivity contribution in [2.24, 2.45) is 11.8 Å². The Morgan fingerprint density at radius 1 is 0.949 bits per heavy atom. The van der Waals surface area contributed by atoms with Gasteiger partial charge >= 0.3 is 0 Å². The Bertz CT molecular complexity index is 1260. The maximum Gasteiger partial charge on any atom is 0.162 e. The average Bonchev–Trinajstić information content (AvgIpc) is 3.57. The van der Waals surface area contributed by atoms with Crippen LogP contribution >= 0.6 is 0 Å². The largest absolute Gasteiger partial charge is 0.512 e. The number of carbonyl (C=O) groups is 1. The van der Waals surface area contributed by atoms with Gasteiger partial charge in [0.25, 0.3) is 0 Å². The number of hydrogen-bond donors (Lipinski definition) is 1. The molecule has 0 atom stereocenters. The van der Waals surface area contributed by atoms with Gasteiger partial charge in [-0.2, -0.15) is 0 Å². The fourth-order valence-electron chi connectivity index (χ4n) is 5.69. The van der Waals surface area contributed by atoms with E-state index < -0.39 is 0 Å². The van der Waals surface area contributed by atoms with Crippen LogP contribution in [0.1, 0.15) is 96.3 Å². The molecule has 0 aliphatic heterocycles. The number of benzene rings is 2. The van der Waals surface area contributed by atoms with E-state index in [1.807, 2.05) is 6.20 Å². The molecule has 0 unspecified atom stereocenters. The monoisotopic (exact) mass is 705 g/mol. The summed E-state index contributed by atoms with van der Waals surface area (Å²) in [5, 5.41) is 12.3. The van der Waals surface area contributed by atoms with Crippen LogP contribution in [0.2, 0.25) is 0 Å². The van der Waals surface area contributed by atoms with Gasteiger partial charge in [-0.15, -0.1) is 34.9 Å². The van der Waals surface area contributed by atoms with E-state index in [0.717, 1.165) is 42.5 Å². The van der Waals surface area contributed by atoms with Gasteiger partial charge in [-0.05, 0) is 59.2 Å². The van der Waals surface area contributed by atoms with Crippen molar-refractivity contribution < 1.29 is 30.0 Å². The molecular weight excluding hydrogens is 659 g/mol. The summed E-state index contributed by atoms with van der Waals surface area (Å²) in [5.41, 5.74) is 5.97. The zero-order valence-electron chi connectivity index (χ0n) is 23.6. The summed E-state index contributed by atoms with van der Waals surface area (Å²) < 4.78 is 0. The van der Waals surface area contributed by atoms with Gasteiger partial charge < -0.3 is 10.1 Å². The fourth-order valence-corrected chi connectivity index (χ4v) is 5.69. The van der Waals surface area contributed by atoms with Gasteiger partial charge in [-0.25, -0.2) is 0 Å². The SMILES string of the molecule is C.Cc1[c-]c(-c2nccc3ccc(C(C)(C)C)cc23)cc(C)c1.O=C(C=C(O)C1CCCC1)C1CCCC1.[Ir]. The minimum absolute atomic E-state index is 0. The van der Waals surface area contributed by atoms with Crippen LogP contribution in [0.3, 0.4) is 0 Å². The standard InChI is InChI=1S/C21H22N.C13H20O2.CH4.Ir/c1-14-10-15(2)12-17(11-14)20-19-13-18(21(3,4)5)7-6-16(19)8-9-22-20;14-12(10-5-1-2-6-10)9-13(15)11-7-3-4-8-11;;/h6-11,13H,1-5H3;9-11,14H,1-8H2;1H4;/q-1;;;. The molecule has 0 saturated heterocycles. The number of carbonyl (C=O) groups excluding carboxylic acids is 1. The van der Waals surface area contributed by atoms with Crippen molar-refractivity contribution in [1.82, 2.24) is 4.98 Å². The quantitative estimate of drug-likeness (QED) is 0.167. The summed E-state index contributed by atoms with van der Waals surface area (Å²) in [6, 6.07) is 16.5. The number of hydrogen-bond acceptors (Lipinski definition) is 3. The number of fused-ring (bicyclic) bond motifs is 1. The summed E-state index contributed by atoms with van der Waals surface area (Å²) in [4.78, 5) is 16.4. The van der Waals surface area contributed by atoms with Gasteiger partial charge in [0, 0.05) is 44.2 Å². The molecule has 0 bridgehead atoms. The van der Waals surface area contributed by atoms with E-state index in [9.17, 15) is 9.90 Å². The average molecular weight is 705 g/mol. The topological polar surface area (TPSA) is 50.2 Å². The molecule has 2 aromatic carbocycles. The van der Waals surface area contributed by atoms with Crippen LogP contribution in [0.25, 0.3) is 22.0 Å². The molecule has 1 N–H and O–H groups in total. The summed E-state index contributed by atoms with van der Waals surface area (Å²) in [7, 11) is 0. The number of ketones is 1. The first-order valence-corrected chi connectivity index (χ1v) is 14.0. The van der Waals surface area contributed by atoms with E-state index in [0.29, 0.717) is 5.76 Å². The molecule has 2 aliphatic rings. The van der Waals surface area contributed by atoms with Crippen LogP contribution < -0.4 is 0 Å². The second-order valence-electron chi connectivity index (χ2n) is 12.0. The van der Waals surface area contributed by atoms with E-state index in [1.165, 1.54) is 53.7 Å². The van der Waals surface area contributed by atoms with E-state index in [-0.39, 0.29) is 50.6 Å². The first-order chi connectivity index (χ1) is 17.6. The Morgan fingerprint density at radius 3 is 2.15 bits per heavy atom. The molecule has 2 aliphatic carbocycles. The Labute approximate surface area is 249 Å². The molecule has 3 aromatic rings. The molecule has 0 amide bonds. The normalized spacial score (nSPS) is 16.3. The number of nitrogens with zero attached hydrogens (tertiary/aromatic N) is 1. The van der Waals surface area contributed by atoms with Crippen molar-refractivity contribution in [2.45, 2.75) is 98.8 Å². The molecule has 39 heavy (non-hydrogen) atoms. The van der Waals surface area contributed by atoms with Crippen molar-refractivity contribution in [2.75, 3.05) is 0 Å². The third kappa shape index (κ3) is 8.60. The van der Waals surface area contributed by atoms with Crippen molar-refractivity contribution in [3.63, 3.8) is 0 Å². The maximum atomic E-state index is 11.8. The number of aryl methyl sites for hydroxylation is 2. The molecular formula is C35H46IrNO2-. The predicted molar refractivity (Wildman–Crippen MR) is 161 cm³/mol. The zero-order valence-corrected chi connectivity index (χ0v) is 26.0. The minimum atomic E-state index is 0. The van der Waals surface area contributed by atoms with Gasteiger partial charge in [0.1, 0.15) is 0 Å². The summed E-state index contributed by atoms with van der Waals surface area (Å²) in [6.07, 6.45) is 12.3. The van der Waals surface area contributed by atoms with E-state index in [2.05, 4.69) is 82.1 Å². The summed E-state index contributed by atoms with van der Waals surface area (Å²) in [6.45, 7) is 10.9. The van der Waals surface area contributed by atoms with Gasteiger partial charge in [0.05, 0.1) is 5.76 Å². The predicted octanol–water partition coefficient (Wildman–Crippen LogP) is 9.63. The van der Waals surface area contributed by atoms with E-state index in [4.69, 9.17) is 0 Å². The maximum absolute atomic E-state index is 11.8. The van der Waals surface area contributed by atoms with Crippen LogP contribution in [0, 0.1) is 31.7 Å². The number of aromatic nitrogens is 1. The third-order valence-electron chi connectivity index (χ3n) is 7.86. The number of pyridine rings is 1. The Morgan fingerprint density at radius 2 is 1.56 bits per heavy atom. The molecule has 5 rings (SSSR count). The minimum Gasteiger partial charge on any atom is -0.512 e. The van der Waals surface area contributed by atoms with Gasteiger partial charge in [0.15, 0.2) is 5.78 Å². The van der Waals surface area contributed by atoms with Crippen molar-refractivity contribution in [3.8, 4) is 11.3 Å². The van der Waals surface area contributed by atoms with E-state index in [1.54, 1.807) is 0 Å². The van der Waals surface area contributed by atoms with Crippen LogP contribution in [0.5, 0.6) is 0 Å². The zero-order chi connectivity index (χ0) is 26.6. The first-order valence-electron chi connectivity index (χ1n) is 14.0. The number of allylic oxidation sites excluding steroid dienone is 2. The van der Waals surface area contributed by atoms with Gasteiger partial charge in [-0.1, -0.05) is 85.9 Å². The Kier molecular flexibility index (Phi) is 12.1. The molecule has 1 heterocycles. The summed E-state index contributed by atoms with van der Waals surface area (Å²) >= 11 is 0. The smallest absolute Gasteiger partial charge is 0.162 e. The molecule has 4 heteroatoms. The number of aliphatic hydroxyl groups excluding tert-OH is 1. The third-order valence-corrected chi connectivity index (χ3v) is 7.86. The molecule has 1 radical (unpaired) electrons. The Balaban J connectivity index is 0.000000277. The second-order valence-corrected chi connectivity index (χ2v) is 12.0. The molecule has 1 aromatic heterocycles. The molecule has 3 nitrogen and oxygen atoms in total. The molecule has 2 saturated carbocycles. The van der Waals surface area contributed by atoms with Gasteiger partial charge in [0.2, 0.25) is 0 Å². The number of rotatable bonds is 4. The van der Waals surface area contributed by atoms with Crippen LogP contribution in [0.4, 0.5) is 0 Å². The van der Waals surface area contributed by atoms with Crippen molar-refractivity contribution in [3.05, 3.63) is 77.2 Å². The first kappa shape index (κ1) is 32.9. The Hall–Kier alpha value is -2.29. The second kappa shape index (κ2) is 14.4. The fraction of sp³-hybridized carbons (Fsp3) is 0.486. The van der Waals surface area contributed by atoms with Gasteiger partial charge in [-0.3, -0.25) is 4.79 Å². The van der Waals surface area contributed by atoms with Crippen molar-refractivity contribution >= 4 is 16.6 Å². The van der Waals surface area contributed by atoms with Crippen LogP contribution in [-0.2, 0) is 30.3 Å². The molecule has 2 fully saturated rings. The van der Waals surface area contributed by atoms with Crippen molar-refractivity contribution in [1.29, 1.82) is 0 Å². The molecule has 213 valence electrons. The summed E-state index contributed by atoms with van der Waals surface area (Å²) in [5.74, 6) is 0.991. The number of aliphatic hydroxyl groups is 1. The van der Waals surface area contributed by atoms with Crippen LogP contribution in [-0.4, -0.2) is 15.9 Å². The molecule has 0 spiro atoms.